The molecule has 0 unspecified atom stereocenters. The number of anilines is 1. The molecule has 5 aromatic rings. The summed E-state index contributed by atoms with van der Waals surface area (Å²) in [5.74, 6) is -2.40. The molecule has 0 atom stereocenters. The van der Waals surface area contributed by atoms with Gasteiger partial charge in [0.25, 0.3) is 11.8 Å². The summed E-state index contributed by atoms with van der Waals surface area (Å²) >= 11 is 0.581. The van der Waals surface area contributed by atoms with Crippen LogP contribution < -0.4 is 11.1 Å². The van der Waals surface area contributed by atoms with Crippen LogP contribution in [0.15, 0.2) is 47.5 Å². The van der Waals surface area contributed by atoms with Crippen molar-refractivity contribution >= 4 is 45.0 Å². The number of carbonyl (C=O) groups is 2. The van der Waals surface area contributed by atoms with Gasteiger partial charge in [-0.3, -0.25) is 9.59 Å². The van der Waals surface area contributed by atoms with Crippen LogP contribution in [-0.4, -0.2) is 46.3 Å². The van der Waals surface area contributed by atoms with Crippen molar-refractivity contribution in [2.24, 2.45) is 5.73 Å². The van der Waals surface area contributed by atoms with Gasteiger partial charge in [-0.1, -0.05) is 4.98 Å². The number of nitro groups is 1. The SMILES string of the molecule is NC(=O)c1sc2nc(C(F)(F)F)cc(-c3ccco3)c2c1NC(=O)c1ccn(Cn2cnc([N+](=O)[O-])n2)n1. The summed E-state index contributed by atoms with van der Waals surface area (Å²) in [4.78, 5) is 41.9. The number of rotatable bonds is 7. The Labute approximate surface area is 211 Å². The lowest BCUT2D eigenvalue weighted by Crippen LogP contribution is -2.18. The molecule has 194 valence electrons. The predicted molar refractivity (Wildman–Crippen MR) is 123 cm³/mol. The maximum absolute atomic E-state index is 13.5. The smallest absolute Gasteiger partial charge is 0.464 e. The van der Waals surface area contributed by atoms with E-state index in [1.165, 1.54) is 35.3 Å². The van der Waals surface area contributed by atoms with E-state index in [4.69, 9.17) is 10.2 Å². The van der Waals surface area contributed by atoms with Crippen molar-refractivity contribution in [1.82, 2.24) is 29.5 Å². The minimum absolute atomic E-state index is 0.0226. The molecule has 18 heteroatoms. The second-order valence-electron chi connectivity index (χ2n) is 7.56. The first-order chi connectivity index (χ1) is 18.0. The van der Waals surface area contributed by atoms with E-state index in [-0.39, 0.29) is 44.5 Å². The van der Waals surface area contributed by atoms with E-state index in [9.17, 15) is 32.9 Å². The molecule has 5 rings (SSSR count). The number of furan rings is 1. The molecule has 0 fully saturated rings. The summed E-state index contributed by atoms with van der Waals surface area (Å²) in [7, 11) is 0. The highest BCUT2D eigenvalue weighted by Crippen LogP contribution is 2.43. The maximum Gasteiger partial charge on any atom is 0.491 e. The normalized spacial score (nSPS) is 11.7. The first kappa shape index (κ1) is 24.6. The van der Waals surface area contributed by atoms with Crippen molar-refractivity contribution in [1.29, 1.82) is 0 Å². The van der Waals surface area contributed by atoms with Crippen molar-refractivity contribution in [2.45, 2.75) is 12.8 Å². The van der Waals surface area contributed by atoms with E-state index in [0.717, 1.165) is 17.1 Å². The van der Waals surface area contributed by atoms with Crippen LogP contribution in [0.2, 0.25) is 0 Å². The van der Waals surface area contributed by atoms with Crippen molar-refractivity contribution < 1.29 is 32.1 Å². The monoisotopic (exact) mass is 547 g/mol. The molecule has 0 saturated carbocycles. The number of nitrogens with zero attached hydrogens (tertiary/aromatic N) is 7. The Bertz CT molecular complexity index is 1700. The lowest BCUT2D eigenvalue weighted by molar-refractivity contribution is -0.394. The summed E-state index contributed by atoms with van der Waals surface area (Å²) in [6.45, 7) is -0.116. The number of nitrogens with one attached hydrogen (secondary N) is 1. The van der Waals surface area contributed by atoms with Gasteiger partial charge in [0.2, 0.25) is 6.33 Å². The first-order valence-corrected chi connectivity index (χ1v) is 11.1. The van der Waals surface area contributed by atoms with Crippen LogP contribution in [-0.2, 0) is 12.8 Å². The van der Waals surface area contributed by atoms with Crippen molar-refractivity contribution in [2.75, 3.05) is 5.32 Å². The number of hydrogen-bond acceptors (Lipinski definition) is 10. The van der Waals surface area contributed by atoms with Gasteiger partial charge in [-0.25, -0.2) is 9.67 Å². The zero-order valence-corrected chi connectivity index (χ0v) is 19.4. The second-order valence-corrected chi connectivity index (χ2v) is 8.56. The van der Waals surface area contributed by atoms with E-state index in [0.29, 0.717) is 11.3 Å². The number of hydrogen-bond donors (Lipinski definition) is 2. The molecular weight excluding hydrogens is 535 g/mol. The summed E-state index contributed by atoms with van der Waals surface area (Å²) < 4.78 is 48.2. The van der Waals surface area contributed by atoms with Crippen LogP contribution in [0.1, 0.15) is 25.9 Å². The molecule has 0 saturated heterocycles. The third kappa shape index (κ3) is 4.54. The van der Waals surface area contributed by atoms with Gasteiger partial charge >= 0.3 is 12.1 Å². The Morgan fingerprint density at radius 2 is 2.03 bits per heavy atom. The molecule has 0 aromatic carbocycles. The summed E-state index contributed by atoms with van der Waals surface area (Å²) in [5.41, 5.74) is 3.87. The minimum Gasteiger partial charge on any atom is -0.464 e. The average molecular weight is 547 g/mol. The number of nitrogens with two attached hydrogens (primary N) is 1. The number of pyridine rings is 1. The zero-order chi connectivity index (χ0) is 27.2. The van der Waals surface area contributed by atoms with Crippen LogP contribution in [0.25, 0.3) is 21.5 Å². The van der Waals surface area contributed by atoms with Gasteiger partial charge in [-0.15, -0.1) is 11.3 Å². The van der Waals surface area contributed by atoms with E-state index in [2.05, 4.69) is 25.5 Å². The Hall–Kier alpha value is -5.13. The van der Waals surface area contributed by atoms with Crippen LogP contribution in [0.4, 0.5) is 24.8 Å². The van der Waals surface area contributed by atoms with Gasteiger partial charge in [-0.05, 0) is 29.2 Å². The van der Waals surface area contributed by atoms with Crippen LogP contribution in [0.3, 0.4) is 0 Å². The number of primary amides is 1. The predicted octanol–water partition coefficient (Wildman–Crippen LogP) is 3.13. The van der Waals surface area contributed by atoms with Gasteiger partial charge < -0.3 is 25.6 Å². The number of halogens is 3. The van der Waals surface area contributed by atoms with Gasteiger partial charge in [0.15, 0.2) is 12.4 Å². The van der Waals surface area contributed by atoms with Crippen LogP contribution in [0.5, 0.6) is 0 Å². The van der Waals surface area contributed by atoms with Gasteiger partial charge in [-0.2, -0.15) is 23.0 Å². The third-order valence-corrected chi connectivity index (χ3v) is 6.15. The Morgan fingerprint density at radius 3 is 2.66 bits per heavy atom. The number of amides is 2. The highest BCUT2D eigenvalue weighted by molar-refractivity contribution is 7.21. The molecule has 0 radical (unpaired) electrons. The molecule has 5 heterocycles. The van der Waals surface area contributed by atoms with Crippen molar-refractivity contribution in [3.63, 3.8) is 0 Å². The summed E-state index contributed by atoms with van der Waals surface area (Å²) in [6, 6.07) is 4.94. The Kier molecular flexibility index (Phi) is 5.86. The number of alkyl halides is 3. The molecule has 0 spiro atoms. The molecular formula is C20H12F3N9O5S. The number of fused-ring (bicyclic) bond motifs is 1. The van der Waals surface area contributed by atoms with E-state index in [1.54, 1.807) is 0 Å². The summed E-state index contributed by atoms with van der Waals surface area (Å²) in [5, 5.41) is 21.0. The number of aromatic nitrogens is 6. The molecule has 3 N–H and O–H groups in total. The zero-order valence-electron chi connectivity index (χ0n) is 18.5. The maximum atomic E-state index is 13.5. The molecule has 0 aliphatic heterocycles. The highest BCUT2D eigenvalue weighted by atomic mass is 32.1. The Balaban J connectivity index is 1.52. The van der Waals surface area contributed by atoms with E-state index in [1.807, 2.05) is 0 Å². The fraction of sp³-hybridized carbons (Fsp3) is 0.100. The van der Waals surface area contributed by atoms with Crippen LogP contribution in [0, 0.1) is 10.1 Å². The average Bonchev–Trinajstić information content (AvgIpc) is 3.64. The molecule has 2 amide bonds. The highest BCUT2D eigenvalue weighted by Gasteiger charge is 2.35. The quantitative estimate of drug-likeness (QED) is 0.228. The fourth-order valence-electron chi connectivity index (χ4n) is 3.49. The van der Waals surface area contributed by atoms with Crippen molar-refractivity contribution in [3.05, 3.63) is 69.4 Å². The molecule has 14 nitrogen and oxygen atoms in total. The standard InChI is InChI=1S/C20H12F3N9O5S/c21-20(22,23)12-6-9(11-2-1-5-37-11)13-14(15(16(24)33)38-18(13)26-12)27-17(34)10-3-4-30(28-10)8-31-7-25-19(29-31)32(35)36/h1-7H,8H2,(H2,24,33)(H,27,34). The lowest BCUT2D eigenvalue weighted by atomic mass is 10.1. The van der Waals surface area contributed by atoms with E-state index >= 15 is 0 Å². The van der Waals surface area contributed by atoms with Gasteiger partial charge in [0.05, 0.1) is 12.0 Å². The molecule has 0 aliphatic carbocycles. The molecule has 38 heavy (non-hydrogen) atoms. The van der Waals surface area contributed by atoms with E-state index < -0.39 is 34.6 Å². The van der Waals surface area contributed by atoms with Crippen molar-refractivity contribution in [3.8, 4) is 11.3 Å². The fourth-order valence-corrected chi connectivity index (χ4v) is 4.49. The number of thiophene rings is 1. The number of carbonyl (C=O) groups excluding carboxylic acids is 2. The molecule has 0 bridgehead atoms. The van der Waals surface area contributed by atoms with Crippen LogP contribution >= 0.6 is 11.3 Å². The largest absolute Gasteiger partial charge is 0.491 e. The Morgan fingerprint density at radius 1 is 1.24 bits per heavy atom. The third-order valence-electron chi connectivity index (χ3n) is 5.05. The minimum atomic E-state index is -4.80. The molecule has 5 aromatic heterocycles. The molecule has 0 aliphatic rings. The summed E-state index contributed by atoms with van der Waals surface area (Å²) in [6.07, 6.45) is -1.05. The van der Waals surface area contributed by atoms with Gasteiger partial charge in [0, 0.05) is 22.2 Å². The van der Waals surface area contributed by atoms with Gasteiger partial charge in [0.1, 0.15) is 21.2 Å². The second kappa shape index (κ2) is 9.07. The first-order valence-electron chi connectivity index (χ1n) is 10.3. The topological polar surface area (TPSA) is 190 Å². The lowest BCUT2D eigenvalue weighted by Gasteiger charge is -2.10.